The lowest BCUT2D eigenvalue weighted by atomic mass is 10.1. The van der Waals surface area contributed by atoms with Gasteiger partial charge in [0.1, 0.15) is 6.07 Å². The highest BCUT2D eigenvalue weighted by Gasteiger charge is 2.13. The normalized spacial score (nSPS) is 10.8. The molecular formula is C16H20N2O2. The molecule has 0 amide bonds. The molecule has 0 saturated carbocycles. The topological polar surface area (TPSA) is 64.3 Å². The maximum atomic E-state index is 10.5. The van der Waals surface area contributed by atoms with E-state index in [9.17, 15) is 10.1 Å². The summed E-state index contributed by atoms with van der Waals surface area (Å²) >= 11 is 0. The molecule has 0 bridgehead atoms. The molecule has 1 aromatic carbocycles. The van der Waals surface area contributed by atoms with Gasteiger partial charge in [0.25, 0.3) is 0 Å². The van der Waals surface area contributed by atoms with E-state index in [0.717, 1.165) is 24.7 Å². The molecule has 0 aliphatic carbocycles. The van der Waals surface area contributed by atoms with Crippen molar-refractivity contribution in [2.75, 3.05) is 11.4 Å². The Morgan fingerprint density at radius 1 is 1.50 bits per heavy atom. The monoisotopic (exact) mass is 272 g/mol. The zero-order valence-corrected chi connectivity index (χ0v) is 12.1. The van der Waals surface area contributed by atoms with E-state index in [-0.39, 0.29) is 0 Å². The van der Waals surface area contributed by atoms with E-state index in [1.807, 2.05) is 12.1 Å². The summed E-state index contributed by atoms with van der Waals surface area (Å²) in [5, 5.41) is 17.9. The molecule has 0 radical (unpaired) electrons. The van der Waals surface area contributed by atoms with E-state index in [1.54, 1.807) is 6.07 Å². The predicted molar refractivity (Wildman–Crippen MR) is 80.6 cm³/mol. The van der Waals surface area contributed by atoms with Crippen molar-refractivity contribution in [1.29, 1.82) is 5.26 Å². The molecule has 0 aliphatic heterocycles. The maximum absolute atomic E-state index is 10.5. The summed E-state index contributed by atoms with van der Waals surface area (Å²) in [6.07, 6.45) is 3.57. The SMILES string of the molecule is CCCN(c1ccc(/C=C/C(=O)O)cc1C#N)C(C)C. The molecule has 106 valence electrons. The van der Waals surface area contributed by atoms with E-state index < -0.39 is 5.97 Å². The lowest BCUT2D eigenvalue weighted by Crippen LogP contribution is -2.32. The van der Waals surface area contributed by atoms with Crippen LogP contribution in [-0.2, 0) is 4.79 Å². The minimum Gasteiger partial charge on any atom is -0.478 e. The van der Waals surface area contributed by atoms with Gasteiger partial charge in [-0.25, -0.2) is 4.79 Å². The Balaban J connectivity index is 3.16. The summed E-state index contributed by atoms with van der Waals surface area (Å²) in [6, 6.07) is 7.94. The Morgan fingerprint density at radius 3 is 2.70 bits per heavy atom. The predicted octanol–water partition coefficient (Wildman–Crippen LogP) is 3.28. The number of nitrogens with zero attached hydrogens (tertiary/aromatic N) is 2. The van der Waals surface area contributed by atoms with Crippen molar-refractivity contribution in [3.8, 4) is 6.07 Å². The number of anilines is 1. The summed E-state index contributed by atoms with van der Waals surface area (Å²) in [7, 11) is 0. The van der Waals surface area contributed by atoms with Crippen molar-refractivity contribution >= 4 is 17.7 Å². The third-order valence-electron chi connectivity index (χ3n) is 2.96. The summed E-state index contributed by atoms with van der Waals surface area (Å²) in [4.78, 5) is 12.7. The number of benzene rings is 1. The summed E-state index contributed by atoms with van der Waals surface area (Å²) in [6.45, 7) is 7.17. The first-order valence-corrected chi connectivity index (χ1v) is 6.71. The standard InChI is InChI=1S/C16H20N2O2/c1-4-9-18(12(2)3)15-7-5-13(6-8-16(19)20)10-14(15)11-17/h5-8,10,12H,4,9H2,1-3H3,(H,19,20)/b8-6+. The van der Waals surface area contributed by atoms with Crippen molar-refractivity contribution in [2.24, 2.45) is 0 Å². The van der Waals surface area contributed by atoms with Gasteiger partial charge in [0.05, 0.1) is 11.3 Å². The van der Waals surface area contributed by atoms with Crippen LogP contribution in [0.3, 0.4) is 0 Å². The maximum Gasteiger partial charge on any atom is 0.328 e. The van der Waals surface area contributed by atoms with Gasteiger partial charge in [-0.3, -0.25) is 0 Å². The molecule has 4 heteroatoms. The highest BCUT2D eigenvalue weighted by atomic mass is 16.4. The van der Waals surface area contributed by atoms with Crippen LogP contribution in [0.1, 0.15) is 38.3 Å². The van der Waals surface area contributed by atoms with Gasteiger partial charge in [0.15, 0.2) is 0 Å². The van der Waals surface area contributed by atoms with Gasteiger partial charge in [-0.15, -0.1) is 0 Å². The number of carboxylic acid groups (broad SMARTS) is 1. The Kier molecular flexibility index (Phi) is 5.79. The van der Waals surface area contributed by atoms with Gasteiger partial charge in [-0.2, -0.15) is 5.26 Å². The van der Waals surface area contributed by atoms with Gasteiger partial charge in [-0.1, -0.05) is 13.0 Å². The van der Waals surface area contributed by atoms with Crippen LogP contribution in [-0.4, -0.2) is 23.7 Å². The molecule has 20 heavy (non-hydrogen) atoms. The molecule has 0 spiro atoms. The van der Waals surface area contributed by atoms with E-state index in [1.165, 1.54) is 6.08 Å². The van der Waals surface area contributed by atoms with Gasteiger partial charge >= 0.3 is 5.97 Å². The molecule has 1 aromatic rings. The molecule has 1 rings (SSSR count). The van der Waals surface area contributed by atoms with Gasteiger partial charge in [0, 0.05) is 18.7 Å². The fourth-order valence-electron chi connectivity index (χ4n) is 2.06. The van der Waals surface area contributed by atoms with Crippen LogP contribution in [0.15, 0.2) is 24.3 Å². The van der Waals surface area contributed by atoms with Crippen LogP contribution in [0.25, 0.3) is 6.08 Å². The van der Waals surface area contributed by atoms with Gasteiger partial charge in [-0.05, 0) is 44.0 Å². The quantitative estimate of drug-likeness (QED) is 0.807. The number of hydrogen-bond acceptors (Lipinski definition) is 3. The lowest BCUT2D eigenvalue weighted by Gasteiger charge is -2.29. The van der Waals surface area contributed by atoms with Gasteiger partial charge < -0.3 is 10.0 Å². The Morgan fingerprint density at radius 2 is 2.20 bits per heavy atom. The van der Waals surface area contributed by atoms with E-state index in [2.05, 4.69) is 31.7 Å². The van der Waals surface area contributed by atoms with E-state index in [4.69, 9.17) is 5.11 Å². The van der Waals surface area contributed by atoms with Gasteiger partial charge in [0.2, 0.25) is 0 Å². The highest BCUT2D eigenvalue weighted by molar-refractivity contribution is 5.85. The van der Waals surface area contributed by atoms with Crippen molar-refractivity contribution in [1.82, 2.24) is 0 Å². The number of hydrogen-bond donors (Lipinski definition) is 1. The van der Waals surface area contributed by atoms with Crippen molar-refractivity contribution in [3.63, 3.8) is 0 Å². The zero-order valence-electron chi connectivity index (χ0n) is 12.1. The number of rotatable bonds is 6. The molecule has 0 atom stereocenters. The fraction of sp³-hybridized carbons (Fsp3) is 0.375. The molecular weight excluding hydrogens is 252 g/mol. The highest BCUT2D eigenvalue weighted by Crippen LogP contribution is 2.24. The number of nitriles is 1. The smallest absolute Gasteiger partial charge is 0.328 e. The van der Waals surface area contributed by atoms with Crippen LogP contribution in [0.5, 0.6) is 0 Å². The second-order valence-electron chi connectivity index (χ2n) is 4.85. The number of carboxylic acids is 1. The first-order valence-electron chi connectivity index (χ1n) is 6.71. The van der Waals surface area contributed by atoms with E-state index in [0.29, 0.717) is 17.2 Å². The minimum absolute atomic E-state index is 0.308. The number of carbonyl (C=O) groups is 1. The van der Waals surface area contributed by atoms with Crippen LogP contribution >= 0.6 is 0 Å². The van der Waals surface area contributed by atoms with Crippen LogP contribution in [0, 0.1) is 11.3 Å². The Labute approximate surface area is 119 Å². The second kappa shape index (κ2) is 7.34. The second-order valence-corrected chi connectivity index (χ2v) is 4.85. The van der Waals surface area contributed by atoms with E-state index >= 15 is 0 Å². The molecule has 0 fully saturated rings. The molecule has 4 nitrogen and oxygen atoms in total. The zero-order chi connectivity index (χ0) is 15.1. The Hall–Kier alpha value is -2.28. The average molecular weight is 272 g/mol. The van der Waals surface area contributed by atoms with Crippen molar-refractivity contribution in [2.45, 2.75) is 33.2 Å². The third-order valence-corrected chi connectivity index (χ3v) is 2.96. The molecule has 0 unspecified atom stereocenters. The largest absolute Gasteiger partial charge is 0.478 e. The first-order chi connectivity index (χ1) is 9.49. The van der Waals surface area contributed by atoms with Crippen LogP contribution < -0.4 is 4.90 Å². The molecule has 1 N–H and O–H groups in total. The van der Waals surface area contributed by atoms with Crippen molar-refractivity contribution < 1.29 is 9.90 Å². The summed E-state index contributed by atoms with van der Waals surface area (Å²) in [5.74, 6) is -0.998. The molecule has 0 aromatic heterocycles. The molecule has 0 saturated heterocycles. The third kappa shape index (κ3) is 4.13. The summed E-state index contributed by atoms with van der Waals surface area (Å²) < 4.78 is 0. The Bertz CT molecular complexity index is 542. The minimum atomic E-state index is -0.998. The molecule has 0 heterocycles. The van der Waals surface area contributed by atoms with Crippen LogP contribution in [0.4, 0.5) is 5.69 Å². The average Bonchev–Trinajstić information content (AvgIpc) is 2.42. The lowest BCUT2D eigenvalue weighted by molar-refractivity contribution is -0.131. The first kappa shape index (κ1) is 15.8. The van der Waals surface area contributed by atoms with Crippen LogP contribution in [0.2, 0.25) is 0 Å². The fourth-order valence-corrected chi connectivity index (χ4v) is 2.06. The molecule has 0 aliphatic rings. The number of aliphatic carboxylic acids is 1. The summed E-state index contributed by atoms with van der Waals surface area (Å²) in [5.41, 5.74) is 2.18. The van der Waals surface area contributed by atoms with Crippen molar-refractivity contribution in [3.05, 3.63) is 35.4 Å².